The smallest absolute Gasteiger partial charge is 0.241 e. The van der Waals surface area contributed by atoms with Gasteiger partial charge in [-0.25, -0.2) is 9.97 Å². The predicted octanol–water partition coefficient (Wildman–Crippen LogP) is 1.64. The van der Waals surface area contributed by atoms with Crippen molar-refractivity contribution in [2.24, 2.45) is 5.73 Å². The zero-order valence-electron chi connectivity index (χ0n) is 11.7. The fourth-order valence-electron chi connectivity index (χ4n) is 1.96. The van der Waals surface area contributed by atoms with Crippen molar-refractivity contribution in [2.75, 3.05) is 5.32 Å². The van der Waals surface area contributed by atoms with Gasteiger partial charge in [-0.3, -0.25) is 9.36 Å². The summed E-state index contributed by atoms with van der Waals surface area (Å²) in [5.41, 5.74) is 6.45. The van der Waals surface area contributed by atoms with Crippen molar-refractivity contribution >= 4 is 11.6 Å². The molecule has 0 aliphatic carbocycles. The number of nitrogens with two attached hydrogens (primary N) is 1. The molecule has 20 heavy (non-hydrogen) atoms. The minimum atomic E-state index is -0.503. The summed E-state index contributed by atoms with van der Waals surface area (Å²) < 4.78 is 1.82. The molecule has 6 nitrogen and oxygen atoms in total. The van der Waals surface area contributed by atoms with Crippen LogP contribution >= 0.6 is 0 Å². The number of carbonyl (C=O) groups excluding carboxylic acids is 1. The van der Waals surface area contributed by atoms with Crippen LogP contribution in [0.25, 0.3) is 5.82 Å². The van der Waals surface area contributed by atoms with E-state index in [4.69, 9.17) is 5.73 Å². The number of aromatic nitrogens is 3. The maximum atomic E-state index is 12.0. The second-order valence-corrected chi connectivity index (χ2v) is 4.60. The summed E-state index contributed by atoms with van der Waals surface area (Å²) in [6, 6.07) is 3.08. The molecule has 0 bridgehead atoms. The summed E-state index contributed by atoms with van der Waals surface area (Å²) in [4.78, 5) is 20.5. The third-order valence-electron chi connectivity index (χ3n) is 3.03. The van der Waals surface area contributed by atoms with E-state index in [0.717, 1.165) is 12.2 Å². The lowest BCUT2D eigenvalue weighted by Gasteiger charge is -2.14. The van der Waals surface area contributed by atoms with Crippen LogP contribution < -0.4 is 11.1 Å². The number of aryl methyl sites for hydroxylation is 1. The minimum absolute atomic E-state index is 0.195. The largest absolute Gasteiger partial charge is 0.322 e. The van der Waals surface area contributed by atoms with Crippen molar-refractivity contribution in [2.45, 2.75) is 32.7 Å². The van der Waals surface area contributed by atoms with Gasteiger partial charge in [-0.1, -0.05) is 13.3 Å². The molecule has 1 amide bonds. The van der Waals surface area contributed by atoms with Gasteiger partial charge in [0.2, 0.25) is 5.91 Å². The van der Waals surface area contributed by atoms with Gasteiger partial charge in [-0.05, 0) is 25.5 Å². The second-order valence-electron chi connectivity index (χ2n) is 4.60. The van der Waals surface area contributed by atoms with Crippen LogP contribution in [-0.2, 0) is 4.79 Å². The van der Waals surface area contributed by atoms with Gasteiger partial charge in [0, 0.05) is 18.6 Å². The molecule has 0 unspecified atom stereocenters. The van der Waals surface area contributed by atoms with Gasteiger partial charge < -0.3 is 11.1 Å². The van der Waals surface area contributed by atoms with Gasteiger partial charge in [0.25, 0.3) is 0 Å². The Labute approximate surface area is 118 Å². The Balaban J connectivity index is 2.25. The lowest BCUT2D eigenvalue weighted by atomic mass is 10.1. The number of hydrogen-bond acceptors (Lipinski definition) is 4. The van der Waals surface area contributed by atoms with Crippen molar-refractivity contribution in [1.29, 1.82) is 0 Å². The Hall–Kier alpha value is -2.21. The van der Waals surface area contributed by atoms with Gasteiger partial charge >= 0.3 is 0 Å². The summed E-state index contributed by atoms with van der Waals surface area (Å²) in [6.45, 7) is 3.88. The van der Waals surface area contributed by atoms with E-state index in [2.05, 4.69) is 15.3 Å². The van der Waals surface area contributed by atoms with Crippen LogP contribution in [0.1, 0.15) is 25.6 Å². The molecule has 1 atom stereocenters. The number of amides is 1. The Morgan fingerprint density at radius 3 is 2.90 bits per heavy atom. The summed E-state index contributed by atoms with van der Waals surface area (Å²) in [7, 11) is 0. The Morgan fingerprint density at radius 1 is 1.45 bits per heavy atom. The molecule has 2 aromatic rings. The lowest BCUT2D eigenvalue weighted by molar-refractivity contribution is -0.117. The molecule has 0 radical (unpaired) electrons. The number of anilines is 1. The molecule has 0 spiro atoms. The standard InChI is InChI=1S/C14H19N5O/c1-3-5-11(15)14(20)18-12-6-4-7-17-13(12)19-9-8-16-10(19)2/h4,6-9,11H,3,5,15H2,1-2H3,(H,18,20)/t11-/m1/s1. The maximum Gasteiger partial charge on any atom is 0.241 e. The van der Waals surface area contributed by atoms with E-state index in [1.165, 1.54) is 0 Å². The highest BCUT2D eigenvalue weighted by Crippen LogP contribution is 2.18. The van der Waals surface area contributed by atoms with E-state index in [0.29, 0.717) is 17.9 Å². The van der Waals surface area contributed by atoms with Gasteiger partial charge in [0.05, 0.1) is 11.7 Å². The van der Waals surface area contributed by atoms with Gasteiger partial charge in [-0.15, -0.1) is 0 Å². The molecule has 0 saturated carbocycles. The number of imidazole rings is 1. The number of rotatable bonds is 5. The molecule has 0 aliphatic heterocycles. The highest BCUT2D eigenvalue weighted by Gasteiger charge is 2.15. The molecule has 106 valence electrons. The summed E-state index contributed by atoms with van der Waals surface area (Å²) >= 11 is 0. The SMILES string of the molecule is CCC[C@@H](N)C(=O)Nc1cccnc1-n1ccnc1C. The lowest BCUT2D eigenvalue weighted by Crippen LogP contribution is -2.35. The first-order valence-electron chi connectivity index (χ1n) is 6.65. The Kier molecular flexibility index (Phi) is 4.47. The normalized spacial score (nSPS) is 12.2. The number of hydrogen-bond donors (Lipinski definition) is 2. The highest BCUT2D eigenvalue weighted by atomic mass is 16.2. The van der Waals surface area contributed by atoms with E-state index in [9.17, 15) is 4.79 Å². The zero-order valence-corrected chi connectivity index (χ0v) is 11.7. The van der Waals surface area contributed by atoms with Crippen molar-refractivity contribution in [3.05, 3.63) is 36.5 Å². The number of pyridine rings is 1. The first kappa shape index (κ1) is 14.2. The third kappa shape index (κ3) is 3.03. The number of nitrogens with zero attached hydrogens (tertiary/aromatic N) is 3. The van der Waals surface area contributed by atoms with Crippen molar-refractivity contribution in [3.63, 3.8) is 0 Å². The molecule has 0 aromatic carbocycles. The molecular weight excluding hydrogens is 254 g/mol. The first-order chi connectivity index (χ1) is 9.63. The Morgan fingerprint density at radius 2 is 2.25 bits per heavy atom. The predicted molar refractivity (Wildman–Crippen MR) is 77.6 cm³/mol. The van der Waals surface area contributed by atoms with E-state index >= 15 is 0 Å². The molecule has 2 heterocycles. The van der Waals surface area contributed by atoms with Crippen LogP contribution in [-0.4, -0.2) is 26.5 Å². The molecule has 6 heteroatoms. The minimum Gasteiger partial charge on any atom is -0.322 e. The van der Waals surface area contributed by atoms with Crippen LogP contribution in [0.5, 0.6) is 0 Å². The summed E-state index contributed by atoms with van der Waals surface area (Å²) in [5, 5.41) is 2.84. The maximum absolute atomic E-state index is 12.0. The van der Waals surface area contributed by atoms with Crippen LogP contribution in [0.15, 0.2) is 30.7 Å². The zero-order chi connectivity index (χ0) is 14.5. The van der Waals surface area contributed by atoms with E-state index in [-0.39, 0.29) is 5.91 Å². The van der Waals surface area contributed by atoms with Crippen LogP contribution in [0.2, 0.25) is 0 Å². The summed E-state index contributed by atoms with van der Waals surface area (Å²) in [6.07, 6.45) is 6.70. The molecule has 2 aromatic heterocycles. The topological polar surface area (TPSA) is 85.8 Å². The van der Waals surface area contributed by atoms with Gasteiger partial charge in [-0.2, -0.15) is 0 Å². The fraction of sp³-hybridized carbons (Fsp3) is 0.357. The molecule has 0 aliphatic rings. The van der Waals surface area contributed by atoms with Gasteiger partial charge in [0.1, 0.15) is 5.82 Å². The van der Waals surface area contributed by atoms with Crippen LogP contribution in [0.4, 0.5) is 5.69 Å². The molecule has 0 fully saturated rings. The van der Waals surface area contributed by atoms with E-state index < -0.39 is 6.04 Å². The van der Waals surface area contributed by atoms with Crippen LogP contribution in [0.3, 0.4) is 0 Å². The molecule has 0 saturated heterocycles. The summed E-state index contributed by atoms with van der Waals surface area (Å²) in [5.74, 6) is 1.25. The van der Waals surface area contributed by atoms with Gasteiger partial charge in [0.15, 0.2) is 5.82 Å². The van der Waals surface area contributed by atoms with Crippen molar-refractivity contribution < 1.29 is 4.79 Å². The number of carbonyl (C=O) groups is 1. The average molecular weight is 273 g/mol. The van der Waals surface area contributed by atoms with Crippen molar-refractivity contribution in [3.8, 4) is 5.82 Å². The quantitative estimate of drug-likeness (QED) is 0.867. The van der Waals surface area contributed by atoms with E-state index in [1.54, 1.807) is 30.7 Å². The first-order valence-corrected chi connectivity index (χ1v) is 6.65. The number of nitrogens with one attached hydrogen (secondary N) is 1. The highest BCUT2D eigenvalue weighted by molar-refractivity contribution is 5.96. The molecule has 3 N–H and O–H groups in total. The Bertz CT molecular complexity index is 593. The molecule has 2 rings (SSSR count). The fourth-order valence-corrected chi connectivity index (χ4v) is 1.96. The van der Waals surface area contributed by atoms with Crippen LogP contribution in [0, 0.1) is 6.92 Å². The van der Waals surface area contributed by atoms with E-state index in [1.807, 2.05) is 18.4 Å². The second kappa shape index (κ2) is 6.29. The van der Waals surface area contributed by atoms with Crippen molar-refractivity contribution in [1.82, 2.24) is 14.5 Å². The average Bonchev–Trinajstić information content (AvgIpc) is 2.86. The monoisotopic (exact) mass is 273 g/mol. The molecular formula is C14H19N5O. The third-order valence-corrected chi connectivity index (χ3v) is 3.03.